The second-order valence-corrected chi connectivity index (χ2v) is 6.88. The first kappa shape index (κ1) is 20.3. The van der Waals surface area contributed by atoms with Crippen molar-refractivity contribution in [2.45, 2.75) is 27.3 Å². The first-order chi connectivity index (χ1) is 13.8. The van der Waals surface area contributed by atoms with Gasteiger partial charge in [-0.05, 0) is 49.6 Å². The maximum atomic E-state index is 12.7. The minimum Gasteiger partial charge on any atom is -0.493 e. The number of carbonyl (C=O) groups is 2. The molecule has 7 heteroatoms. The molecule has 1 aromatic heterocycles. The average Bonchev–Trinajstić information content (AvgIpc) is 3.06. The lowest BCUT2D eigenvalue weighted by atomic mass is 10.0. The average molecular weight is 396 g/mol. The van der Waals surface area contributed by atoms with Crippen molar-refractivity contribution in [1.29, 1.82) is 0 Å². The Bertz CT molecular complexity index is 1080. The van der Waals surface area contributed by atoms with Crippen LogP contribution in [0.5, 0.6) is 11.5 Å². The number of hydrogen-bond acceptors (Lipinski definition) is 5. The van der Waals surface area contributed by atoms with Gasteiger partial charge in [-0.1, -0.05) is 18.2 Å². The van der Waals surface area contributed by atoms with Crippen molar-refractivity contribution in [3.8, 4) is 11.5 Å². The smallest absolute Gasteiger partial charge is 0.287 e. The third kappa shape index (κ3) is 4.18. The highest BCUT2D eigenvalue weighted by atomic mass is 16.5. The van der Waals surface area contributed by atoms with Crippen LogP contribution in [0.1, 0.15) is 32.8 Å². The van der Waals surface area contributed by atoms with Crippen molar-refractivity contribution in [3.63, 3.8) is 0 Å². The van der Waals surface area contributed by atoms with Crippen LogP contribution in [0.2, 0.25) is 0 Å². The lowest BCUT2D eigenvalue weighted by Crippen LogP contribution is -2.23. The predicted molar refractivity (Wildman–Crippen MR) is 109 cm³/mol. The number of hydrogen-bond donors (Lipinski definition) is 2. The minimum atomic E-state index is -0.574. The number of fused-ring (bicyclic) bond motifs is 1. The number of amides is 2. The molecule has 1 heterocycles. The third-order valence-corrected chi connectivity index (χ3v) is 4.74. The molecule has 7 nitrogen and oxygen atoms in total. The zero-order valence-corrected chi connectivity index (χ0v) is 16.9. The number of ether oxygens (including phenoxy) is 2. The molecule has 29 heavy (non-hydrogen) atoms. The first-order valence-electron chi connectivity index (χ1n) is 9.17. The number of rotatable bonds is 7. The van der Waals surface area contributed by atoms with E-state index in [-0.39, 0.29) is 19.1 Å². The molecule has 0 radical (unpaired) electrons. The van der Waals surface area contributed by atoms with Gasteiger partial charge in [0.25, 0.3) is 11.8 Å². The second-order valence-electron chi connectivity index (χ2n) is 6.88. The van der Waals surface area contributed by atoms with E-state index in [2.05, 4.69) is 5.32 Å². The Hall–Kier alpha value is -3.48. The number of benzene rings is 2. The van der Waals surface area contributed by atoms with Gasteiger partial charge in [-0.25, -0.2) is 0 Å². The van der Waals surface area contributed by atoms with Crippen LogP contribution in [0.25, 0.3) is 11.0 Å². The Balaban J connectivity index is 1.76. The van der Waals surface area contributed by atoms with Crippen LogP contribution in [0.4, 0.5) is 0 Å². The first-order valence-corrected chi connectivity index (χ1v) is 9.17. The minimum absolute atomic E-state index is 0.239. The number of carbonyl (C=O) groups excluding carboxylic acids is 2. The predicted octanol–water partition coefficient (Wildman–Crippen LogP) is 3.16. The van der Waals surface area contributed by atoms with Gasteiger partial charge in [-0.3, -0.25) is 9.59 Å². The summed E-state index contributed by atoms with van der Waals surface area (Å²) in [5, 5.41) is 3.85. The van der Waals surface area contributed by atoms with E-state index in [4.69, 9.17) is 19.6 Å². The Morgan fingerprint density at radius 2 is 1.79 bits per heavy atom. The van der Waals surface area contributed by atoms with Crippen LogP contribution in [-0.4, -0.2) is 25.5 Å². The van der Waals surface area contributed by atoms with Gasteiger partial charge in [0.05, 0.1) is 7.11 Å². The van der Waals surface area contributed by atoms with Gasteiger partial charge in [0.1, 0.15) is 5.58 Å². The second kappa shape index (κ2) is 8.26. The quantitative estimate of drug-likeness (QED) is 0.638. The molecule has 0 bridgehead atoms. The molecule has 0 aliphatic rings. The van der Waals surface area contributed by atoms with E-state index >= 15 is 0 Å². The molecule has 0 aliphatic heterocycles. The van der Waals surface area contributed by atoms with E-state index in [0.717, 1.165) is 33.2 Å². The summed E-state index contributed by atoms with van der Waals surface area (Å²) in [6, 6.07) is 9.18. The Kier molecular flexibility index (Phi) is 5.77. The number of furan rings is 1. The number of nitrogens with two attached hydrogens (primary N) is 1. The summed E-state index contributed by atoms with van der Waals surface area (Å²) in [6.07, 6.45) is 0. The van der Waals surface area contributed by atoms with E-state index in [1.165, 1.54) is 7.11 Å². The fourth-order valence-corrected chi connectivity index (χ4v) is 3.24. The van der Waals surface area contributed by atoms with Crippen LogP contribution >= 0.6 is 0 Å². The lowest BCUT2D eigenvalue weighted by Gasteiger charge is -2.11. The SMILES string of the molecule is COc1cc(CNC(=O)c2oc3c(C)ccc(C)c3c2C)ccc1OCC(N)=O. The van der Waals surface area contributed by atoms with Crippen molar-refractivity contribution in [1.82, 2.24) is 5.32 Å². The van der Waals surface area contributed by atoms with E-state index in [1.54, 1.807) is 18.2 Å². The van der Waals surface area contributed by atoms with Crippen molar-refractivity contribution in [2.75, 3.05) is 13.7 Å². The summed E-state index contributed by atoms with van der Waals surface area (Å²) >= 11 is 0. The molecule has 2 aromatic carbocycles. The Morgan fingerprint density at radius 3 is 2.45 bits per heavy atom. The largest absolute Gasteiger partial charge is 0.493 e. The Labute approximate surface area is 168 Å². The van der Waals surface area contributed by atoms with Gasteiger partial charge in [0.15, 0.2) is 23.9 Å². The zero-order valence-electron chi connectivity index (χ0n) is 16.9. The normalized spacial score (nSPS) is 10.8. The van der Waals surface area contributed by atoms with Crippen LogP contribution in [0.3, 0.4) is 0 Å². The number of aryl methyl sites for hydroxylation is 3. The topological polar surface area (TPSA) is 104 Å². The van der Waals surface area contributed by atoms with Crippen molar-refractivity contribution >= 4 is 22.8 Å². The van der Waals surface area contributed by atoms with Crippen molar-refractivity contribution in [2.24, 2.45) is 5.73 Å². The van der Waals surface area contributed by atoms with Crippen molar-refractivity contribution < 1.29 is 23.5 Å². The van der Waals surface area contributed by atoms with E-state index < -0.39 is 5.91 Å². The van der Waals surface area contributed by atoms with Gasteiger partial charge in [-0.15, -0.1) is 0 Å². The van der Waals surface area contributed by atoms with Gasteiger partial charge >= 0.3 is 0 Å². The van der Waals surface area contributed by atoms with E-state index in [1.807, 2.05) is 32.9 Å². The molecule has 0 aliphatic carbocycles. The Morgan fingerprint density at radius 1 is 1.07 bits per heavy atom. The van der Waals surface area contributed by atoms with Crippen LogP contribution in [0.15, 0.2) is 34.7 Å². The molecule has 0 saturated carbocycles. The summed E-state index contributed by atoms with van der Waals surface area (Å²) in [6.45, 7) is 5.89. The molecular formula is C22H24N2O5. The fraction of sp³-hybridized carbons (Fsp3) is 0.273. The summed E-state index contributed by atoms with van der Waals surface area (Å²) in [4.78, 5) is 23.6. The summed E-state index contributed by atoms with van der Waals surface area (Å²) < 4.78 is 16.5. The molecule has 0 unspecified atom stereocenters. The van der Waals surface area contributed by atoms with Gasteiger partial charge in [0, 0.05) is 17.5 Å². The molecule has 3 N–H and O–H groups in total. The van der Waals surface area contributed by atoms with E-state index in [0.29, 0.717) is 17.3 Å². The van der Waals surface area contributed by atoms with Crippen LogP contribution in [-0.2, 0) is 11.3 Å². The summed E-state index contributed by atoms with van der Waals surface area (Å²) in [7, 11) is 1.50. The summed E-state index contributed by atoms with van der Waals surface area (Å²) in [5.41, 5.74) is 9.53. The molecule has 3 aromatic rings. The zero-order chi connectivity index (χ0) is 21.1. The molecule has 3 rings (SSSR count). The lowest BCUT2D eigenvalue weighted by molar-refractivity contribution is -0.119. The van der Waals surface area contributed by atoms with Crippen molar-refractivity contribution in [3.05, 3.63) is 58.3 Å². The van der Waals surface area contributed by atoms with Crippen LogP contribution in [0, 0.1) is 20.8 Å². The van der Waals surface area contributed by atoms with Gasteiger partial charge < -0.3 is 24.9 Å². The molecular weight excluding hydrogens is 372 g/mol. The highest BCUT2D eigenvalue weighted by molar-refractivity contribution is 6.00. The van der Waals surface area contributed by atoms with Gasteiger partial charge in [0.2, 0.25) is 0 Å². The summed E-state index contributed by atoms with van der Waals surface area (Å²) in [5.74, 6) is 0.302. The third-order valence-electron chi connectivity index (χ3n) is 4.74. The van der Waals surface area contributed by atoms with Gasteiger partial charge in [-0.2, -0.15) is 0 Å². The fourth-order valence-electron chi connectivity index (χ4n) is 3.24. The number of methoxy groups -OCH3 is 1. The number of nitrogens with one attached hydrogen (secondary N) is 1. The molecule has 152 valence electrons. The molecule has 0 fully saturated rings. The maximum Gasteiger partial charge on any atom is 0.287 e. The standard InChI is InChI=1S/C22H24N2O5/c1-12-5-6-13(2)20-19(12)14(3)21(29-20)22(26)24-10-15-7-8-16(17(9-15)27-4)28-11-18(23)25/h5-9H,10-11H2,1-4H3,(H2,23,25)(H,24,26). The maximum absolute atomic E-state index is 12.7. The molecule has 0 spiro atoms. The van der Waals surface area contributed by atoms with E-state index in [9.17, 15) is 9.59 Å². The highest BCUT2D eigenvalue weighted by Crippen LogP contribution is 2.31. The molecule has 0 atom stereocenters. The highest BCUT2D eigenvalue weighted by Gasteiger charge is 2.20. The molecule has 0 saturated heterocycles. The number of primary amides is 1. The molecule has 2 amide bonds. The van der Waals surface area contributed by atoms with Crippen LogP contribution < -0.4 is 20.5 Å². The monoisotopic (exact) mass is 396 g/mol.